The number of aliphatic hydroxyl groups is 1. The van der Waals surface area contributed by atoms with E-state index in [0.29, 0.717) is 6.61 Å². The number of carbonyl (C=O) groups excluding carboxylic acids is 1. The van der Waals surface area contributed by atoms with Crippen LogP contribution in [0.5, 0.6) is 0 Å². The Morgan fingerprint density at radius 3 is 1.52 bits per heavy atom. The number of unbranched alkanes of at least 4 members (excludes halogenated alkanes) is 13. The van der Waals surface area contributed by atoms with Crippen LogP contribution in [0.3, 0.4) is 0 Å². The van der Waals surface area contributed by atoms with Gasteiger partial charge in [-0.25, -0.2) is 4.79 Å². The maximum atomic E-state index is 11.0. The predicted molar refractivity (Wildman–Crippen MR) is 94.1 cm³/mol. The molecule has 0 amide bonds. The van der Waals surface area contributed by atoms with Crippen LogP contribution in [0.2, 0.25) is 0 Å². The molecule has 0 aliphatic carbocycles. The molecule has 0 aromatic carbocycles. The van der Waals surface area contributed by atoms with E-state index in [4.69, 9.17) is 9.84 Å². The van der Waals surface area contributed by atoms with Crippen molar-refractivity contribution in [2.24, 2.45) is 0 Å². The van der Waals surface area contributed by atoms with Gasteiger partial charge in [0.05, 0.1) is 6.61 Å². The topological polar surface area (TPSA) is 46.5 Å². The third-order valence-electron chi connectivity index (χ3n) is 4.08. The molecule has 0 radical (unpaired) electrons. The first-order valence-corrected chi connectivity index (χ1v) is 9.53. The van der Waals surface area contributed by atoms with Gasteiger partial charge in [-0.2, -0.15) is 0 Å². The van der Waals surface area contributed by atoms with Crippen LogP contribution in [-0.2, 0) is 9.53 Å². The normalized spacial score (nSPS) is 11.8. The Kier molecular flexibility index (Phi) is 22.8. The van der Waals surface area contributed by atoms with Crippen molar-refractivity contribution in [3.63, 3.8) is 0 Å². The van der Waals surface area contributed by atoms with Gasteiger partial charge in [0.25, 0.3) is 0 Å². The van der Waals surface area contributed by atoms with Gasteiger partial charge in [0.1, 0.15) is 6.10 Å². The molecule has 1 atom stereocenters. The van der Waals surface area contributed by atoms with Gasteiger partial charge < -0.3 is 11.3 Å². The predicted octanol–water partition coefficient (Wildman–Crippen LogP) is 2.51. The van der Waals surface area contributed by atoms with Gasteiger partial charge >= 0.3 is 35.5 Å². The van der Waals surface area contributed by atoms with Crippen molar-refractivity contribution in [2.75, 3.05) is 6.61 Å². The molecule has 0 aliphatic rings. The van der Waals surface area contributed by atoms with E-state index in [0.717, 1.165) is 12.8 Å². The summed E-state index contributed by atoms with van der Waals surface area (Å²) < 4.78 is 4.92. The molecular weight excluding hydrogens is 299 g/mol. The Labute approximate surface area is 167 Å². The average Bonchev–Trinajstić information content (AvgIpc) is 2.50. The van der Waals surface area contributed by atoms with Gasteiger partial charge in [0.2, 0.25) is 0 Å². The average molecular weight is 339 g/mol. The van der Waals surface area contributed by atoms with Gasteiger partial charge in [-0.3, -0.25) is 0 Å². The molecule has 134 valence electrons. The first-order chi connectivity index (χ1) is 10.7. The van der Waals surface area contributed by atoms with Crippen LogP contribution < -0.4 is 29.6 Å². The van der Waals surface area contributed by atoms with Gasteiger partial charge in [0.15, 0.2) is 0 Å². The van der Waals surface area contributed by atoms with Crippen molar-refractivity contribution in [3.8, 4) is 0 Å². The Bertz CT molecular complexity index is 251. The molecule has 0 fully saturated rings. The van der Waals surface area contributed by atoms with Crippen LogP contribution in [0.1, 0.15) is 105 Å². The molecule has 3 nitrogen and oxygen atoms in total. The number of carbonyl (C=O) groups is 1. The molecule has 0 aromatic rings. The molecular formula is C19H39NaO3. The third kappa shape index (κ3) is 20.4. The zero-order valence-electron chi connectivity index (χ0n) is 16.9. The largest absolute Gasteiger partial charge is 1.00 e. The molecule has 23 heavy (non-hydrogen) atoms. The standard InChI is InChI=1S/C19H38O3.Na.H/c1-3-4-5-6-7-8-9-10-11-12-13-14-15-16-17-22-19(21)18(2)20;;/h18,20H,3-17H2,1-2H3;;/q;+1;-1. The first kappa shape index (κ1) is 25.7. The Morgan fingerprint density at radius 1 is 0.826 bits per heavy atom. The molecule has 1 unspecified atom stereocenters. The van der Waals surface area contributed by atoms with Crippen molar-refractivity contribution in [2.45, 2.75) is 110 Å². The molecule has 0 saturated carbocycles. The molecule has 0 spiro atoms. The van der Waals surface area contributed by atoms with E-state index in [9.17, 15) is 4.79 Å². The zero-order chi connectivity index (χ0) is 16.5. The van der Waals surface area contributed by atoms with Gasteiger partial charge in [-0.05, 0) is 13.3 Å². The number of hydrogen-bond acceptors (Lipinski definition) is 3. The summed E-state index contributed by atoms with van der Waals surface area (Å²) in [5.74, 6) is -0.505. The molecule has 0 aliphatic heterocycles. The summed E-state index contributed by atoms with van der Waals surface area (Å²) in [5, 5.41) is 8.96. The maximum Gasteiger partial charge on any atom is 1.00 e. The van der Waals surface area contributed by atoms with Crippen molar-refractivity contribution in [1.29, 1.82) is 0 Å². The quantitative estimate of drug-likeness (QED) is 0.267. The fourth-order valence-electron chi connectivity index (χ4n) is 2.59. The Balaban J connectivity index is -0.00000220. The molecule has 4 heteroatoms. The molecule has 0 aromatic heterocycles. The number of esters is 1. The second-order valence-electron chi connectivity index (χ2n) is 6.44. The zero-order valence-corrected chi connectivity index (χ0v) is 17.9. The fourth-order valence-corrected chi connectivity index (χ4v) is 2.59. The van der Waals surface area contributed by atoms with Crippen molar-refractivity contribution < 1.29 is 45.6 Å². The second kappa shape index (κ2) is 20.5. The smallest absolute Gasteiger partial charge is 1.00 e. The molecule has 0 saturated heterocycles. The molecule has 0 rings (SSSR count). The monoisotopic (exact) mass is 338 g/mol. The van der Waals surface area contributed by atoms with Crippen LogP contribution in [-0.4, -0.2) is 23.8 Å². The van der Waals surface area contributed by atoms with E-state index in [2.05, 4.69) is 6.92 Å². The number of rotatable bonds is 16. The van der Waals surface area contributed by atoms with Crippen LogP contribution in [0, 0.1) is 0 Å². The summed E-state index contributed by atoms with van der Waals surface area (Å²) in [4.78, 5) is 11.0. The van der Waals surface area contributed by atoms with E-state index < -0.39 is 12.1 Å². The van der Waals surface area contributed by atoms with E-state index in [1.54, 1.807) is 0 Å². The summed E-state index contributed by atoms with van der Waals surface area (Å²) in [6, 6.07) is 0. The van der Waals surface area contributed by atoms with Gasteiger partial charge in [-0.15, -0.1) is 0 Å². The molecule has 0 heterocycles. The van der Waals surface area contributed by atoms with Crippen molar-refractivity contribution in [3.05, 3.63) is 0 Å². The van der Waals surface area contributed by atoms with Gasteiger partial charge in [-0.1, -0.05) is 90.4 Å². The van der Waals surface area contributed by atoms with E-state index in [-0.39, 0.29) is 31.0 Å². The van der Waals surface area contributed by atoms with E-state index in [1.165, 1.54) is 84.0 Å². The van der Waals surface area contributed by atoms with Crippen molar-refractivity contribution in [1.82, 2.24) is 0 Å². The number of ether oxygens (including phenoxy) is 1. The second-order valence-corrected chi connectivity index (χ2v) is 6.44. The number of aliphatic hydroxyl groups excluding tert-OH is 1. The number of hydrogen-bond donors (Lipinski definition) is 1. The van der Waals surface area contributed by atoms with Crippen LogP contribution in [0.15, 0.2) is 0 Å². The minimum absolute atomic E-state index is 0. The Hall–Kier alpha value is 0.430. The fraction of sp³-hybridized carbons (Fsp3) is 0.947. The van der Waals surface area contributed by atoms with E-state index >= 15 is 0 Å². The van der Waals surface area contributed by atoms with Crippen molar-refractivity contribution >= 4 is 5.97 Å². The summed E-state index contributed by atoms with van der Waals surface area (Å²) >= 11 is 0. The van der Waals surface area contributed by atoms with Crippen LogP contribution >= 0.6 is 0 Å². The Morgan fingerprint density at radius 2 is 1.17 bits per heavy atom. The van der Waals surface area contributed by atoms with Crippen LogP contribution in [0.25, 0.3) is 0 Å². The summed E-state index contributed by atoms with van der Waals surface area (Å²) in [7, 11) is 0. The van der Waals surface area contributed by atoms with Gasteiger partial charge in [0, 0.05) is 0 Å². The third-order valence-corrected chi connectivity index (χ3v) is 4.08. The molecule has 1 N–H and O–H groups in total. The summed E-state index contributed by atoms with van der Waals surface area (Å²) in [5.41, 5.74) is 0. The minimum Gasteiger partial charge on any atom is -1.00 e. The summed E-state index contributed by atoms with van der Waals surface area (Å²) in [6.07, 6.45) is 17.5. The van der Waals surface area contributed by atoms with E-state index in [1.807, 2.05) is 0 Å². The SMILES string of the molecule is CCCCCCCCCCCCCCCCOC(=O)C(C)O.[H-].[Na+]. The summed E-state index contributed by atoms with van der Waals surface area (Å²) in [6.45, 7) is 4.15. The van der Waals surface area contributed by atoms with Crippen LogP contribution in [0.4, 0.5) is 0 Å². The molecule has 0 bridgehead atoms. The minimum atomic E-state index is -0.994. The maximum absolute atomic E-state index is 11.0. The first-order valence-electron chi connectivity index (χ1n) is 9.53.